The lowest BCUT2D eigenvalue weighted by Gasteiger charge is -2.04. The predicted molar refractivity (Wildman–Crippen MR) is 61.0 cm³/mol. The third kappa shape index (κ3) is 3.58. The number of aromatic nitrogens is 1. The SMILES string of the molecule is CCCNC(=O)c1ccc(NCC)cn1. The first-order chi connectivity index (χ1) is 7.27. The van der Waals surface area contributed by atoms with Crippen LogP contribution in [0.25, 0.3) is 0 Å². The highest BCUT2D eigenvalue weighted by Gasteiger charge is 2.04. The molecule has 4 heteroatoms. The van der Waals surface area contributed by atoms with Crippen LogP contribution in [0.4, 0.5) is 5.69 Å². The van der Waals surface area contributed by atoms with Gasteiger partial charge >= 0.3 is 0 Å². The van der Waals surface area contributed by atoms with Gasteiger partial charge in [-0.25, -0.2) is 4.98 Å². The van der Waals surface area contributed by atoms with Gasteiger partial charge in [-0.3, -0.25) is 4.79 Å². The molecule has 0 unspecified atom stereocenters. The van der Waals surface area contributed by atoms with Gasteiger partial charge in [0.1, 0.15) is 5.69 Å². The zero-order valence-electron chi connectivity index (χ0n) is 9.21. The van der Waals surface area contributed by atoms with Crippen molar-refractivity contribution in [2.45, 2.75) is 20.3 Å². The smallest absolute Gasteiger partial charge is 0.269 e. The fraction of sp³-hybridized carbons (Fsp3) is 0.455. The summed E-state index contributed by atoms with van der Waals surface area (Å²) in [5.41, 5.74) is 1.40. The molecule has 2 N–H and O–H groups in total. The average molecular weight is 207 g/mol. The molecule has 0 aromatic carbocycles. The summed E-state index contributed by atoms with van der Waals surface area (Å²) in [6.45, 7) is 5.57. The van der Waals surface area contributed by atoms with E-state index in [1.165, 1.54) is 0 Å². The minimum Gasteiger partial charge on any atom is -0.384 e. The standard InChI is InChI=1S/C11H17N3O/c1-3-7-13-11(15)10-6-5-9(8-14-10)12-4-2/h5-6,8,12H,3-4,7H2,1-2H3,(H,13,15). The van der Waals surface area contributed by atoms with Crippen LogP contribution in [-0.2, 0) is 0 Å². The van der Waals surface area contributed by atoms with E-state index in [1.54, 1.807) is 12.3 Å². The molecule has 4 nitrogen and oxygen atoms in total. The Morgan fingerprint density at radius 1 is 1.40 bits per heavy atom. The van der Waals surface area contributed by atoms with Crippen LogP contribution in [0.15, 0.2) is 18.3 Å². The van der Waals surface area contributed by atoms with E-state index < -0.39 is 0 Å². The fourth-order valence-electron chi connectivity index (χ4n) is 1.17. The predicted octanol–water partition coefficient (Wildman–Crippen LogP) is 1.65. The molecule has 0 bridgehead atoms. The van der Waals surface area contributed by atoms with Crippen LogP contribution >= 0.6 is 0 Å². The number of nitrogens with zero attached hydrogens (tertiary/aromatic N) is 1. The van der Waals surface area contributed by atoms with E-state index in [0.29, 0.717) is 12.2 Å². The minimum absolute atomic E-state index is 0.111. The zero-order valence-corrected chi connectivity index (χ0v) is 9.21. The molecular weight excluding hydrogens is 190 g/mol. The van der Waals surface area contributed by atoms with Gasteiger partial charge in [0, 0.05) is 13.1 Å². The normalized spacial score (nSPS) is 9.73. The van der Waals surface area contributed by atoms with Crippen molar-refractivity contribution in [1.29, 1.82) is 0 Å². The van der Waals surface area contributed by atoms with E-state index in [-0.39, 0.29) is 5.91 Å². The Balaban J connectivity index is 2.58. The van der Waals surface area contributed by atoms with Crippen LogP contribution in [0, 0.1) is 0 Å². The Morgan fingerprint density at radius 3 is 2.73 bits per heavy atom. The number of amides is 1. The first kappa shape index (κ1) is 11.5. The van der Waals surface area contributed by atoms with Crippen molar-refractivity contribution < 1.29 is 4.79 Å². The number of pyridine rings is 1. The Labute approximate surface area is 90.1 Å². The molecule has 0 fully saturated rings. The molecule has 1 aromatic rings. The largest absolute Gasteiger partial charge is 0.384 e. The summed E-state index contributed by atoms with van der Waals surface area (Å²) in [5, 5.41) is 5.90. The van der Waals surface area contributed by atoms with Crippen molar-refractivity contribution in [3.05, 3.63) is 24.0 Å². The van der Waals surface area contributed by atoms with E-state index in [4.69, 9.17) is 0 Å². The van der Waals surface area contributed by atoms with Crippen LogP contribution in [0.2, 0.25) is 0 Å². The van der Waals surface area contributed by atoms with Crippen molar-refractivity contribution >= 4 is 11.6 Å². The van der Waals surface area contributed by atoms with E-state index in [1.807, 2.05) is 19.9 Å². The lowest BCUT2D eigenvalue weighted by molar-refractivity contribution is 0.0949. The van der Waals surface area contributed by atoms with Gasteiger partial charge in [0.25, 0.3) is 5.91 Å². The Hall–Kier alpha value is -1.58. The van der Waals surface area contributed by atoms with Gasteiger partial charge in [-0.2, -0.15) is 0 Å². The van der Waals surface area contributed by atoms with Crippen LogP contribution < -0.4 is 10.6 Å². The van der Waals surface area contributed by atoms with Crippen molar-refractivity contribution in [3.8, 4) is 0 Å². The van der Waals surface area contributed by atoms with Crippen molar-refractivity contribution in [2.75, 3.05) is 18.4 Å². The molecule has 0 radical (unpaired) electrons. The summed E-state index contributed by atoms with van der Waals surface area (Å²) in [6.07, 6.45) is 2.60. The van der Waals surface area contributed by atoms with Gasteiger partial charge in [-0.1, -0.05) is 6.92 Å². The van der Waals surface area contributed by atoms with E-state index >= 15 is 0 Å². The molecule has 1 aromatic heterocycles. The maximum absolute atomic E-state index is 11.5. The molecular formula is C11H17N3O. The first-order valence-electron chi connectivity index (χ1n) is 5.26. The maximum atomic E-state index is 11.5. The van der Waals surface area contributed by atoms with Gasteiger partial charge in [0.15, 0.2) is 0 Å². The molecule has 0 saturated heterocycles. The summed E-state index contributed by atoms with van der Waals surface area (Å²) < 4.78 is 0. The van der Waals surface area contributed by atoms with Crippen LogP contribution in [-0.4, -0.2) is 24.0 Å². The Kier molecular flexibility index (Phi) is 4.60. The maximum Gasteiger partial charge on any atom is 0.269 e. The summed E-state index contributed by atoms with van der Waals surface area (Å²) in [4.78, 5) is 15.6. The summed E-state index contributed by atoms with van der Waals surface area (Å²) in [5.74, 6) is -0.111. The monoisotopic (exact) mass is 207 g/mol. The topological polar surface area (TPSA) is 54.0 Å². The zero-order chi connectivity index (χ0) is 11.1. The average Bonchev–Trinajstić information content (AvgIpc) is 2.27. The lowest BCUT2D eigenvalue weighted by atomic mass is 10.3. The molecule has 0 aliphatic heterocycles. The molecule has 1 amide bonds. The fourth-order valence-corrected chi connectivity index (χ4v) is 1.17. The molecule has 82 valence electrons. The molecule has 15 heavy (non-hydrogen) atoms. The highest BCUT2D eigenvalue weighted by atomic mass is 16.1. The van der Waals surface area contributed by atoms with Gasteiger partial charge in [-0.05, 0) is 25.5 Å². The van der Waals surface area contributed by atoms with Crippen molar-refractivity contribution in [1.82, 2.24) is 10.3 Å². The number of hydrogen-bond donors (Lipinski definition) is 2. The van der Waals surface area contributed by atoms with Crippen molar-refractivity contribution in [2.24, 2.45) is 0 Å². The Bertz CT molecular complexity index is 308. The minimum atomic E-state index is -0.111. The second-order valence-electron chi connectivity index (χ2n) is 3.22. The van der Waals surface area contributed by atoms with Gasteiger partial charge in [0.05, 0.1) is 11.9 Å². The number of carbonyl (C=O) groups is 1. The van der Waals surface area contributed by atoms with Crippen LogP contribution in [0.3, 0.4) is 0 Å². The van der Waals surface area contributed by atoms with Crippen LogP contribution in [0.5, 0.6) is 0 Å². The second kappa shape index (κ2) is 6.01. The van der Waals surface area contributed by atoms with Crippen molar-refractivity contribution in [3.63, 3.8) is 0 Å². The van der Waals surface area contributed by atoms with Gasteiger partial charge in [0.2, 0.25) is 0 Å². The third-order valence-corrected chi connectivity index (χ3v) is 1.91. The molecule has 0 aliphatic carbocycles. The number of carbonyl (C=O) groups excluding carboxylic acids is 1. The number of hydrogen-bond acceptors (Lipinski definition) is 3. The molecule has 1 rings (SSSR count). The summed E-state index contributed by atoms with van der Waals surface area (Å²) in [7, 11) is 0. The second-order valence-corrected chi connectivity index (χ2v) is 3.22. The quantitative estimate of drug-likeness (QED) is 0.772. The highest BCUT2D eigenvalue weighted by molar-refractivity contribution is 5.92. The third-order valence-electron chi connectivity index (χ3n) is 1.91. The first-order valence-corrected chi connectivity index (χ1v) is 5.26. The number of anilines is 1. The van der Waals surface area contributed by atoms with E-state index in [0.717, 1.165) is 18.7 Å². The lowest BCUT2D eigenvalue weighted by Crippen LogP contribution is -2.24. The van der Waals surface area contributed by atoms with E-state index in [2.05, 4.69) is 15.6 Å². The summed E-state index contributed by atoms with van der Waals surface area (Å²) in [6, 6.07) is 3.58. The molecule has 1 heterocycles. The number of rotatable bonds is 5. The van der Waals surface area contributed by atoms with Gasteiger partial charge < -0.3 is 10.6 Å². The summed E-state index contributed by atoms with van der Waals surface area (Å²) >= 11 is 0. The molecule has 0 saturated carbocycles. The highest BCUT2D eigenvalue weighted by Crippen LogP contribution is 2.05. The molecule has 0 aliphatic rings. The Morgan fingerprint density at radius 2 is 2.20 bits per heavy atom. The van der Waals surface area contributed by atoms with Gasteiger partial charge in [-0.15, -0.1) is 0 Å². The van der Waals surface area contributed by atoms with E-state index in [9.17, 15) is 4.79 Å². The molecule has 0 atom stereocenters. The van der Waals surface area contributed by atoms with Crippen LogP contribution in [0.1, 0.15) is 30.8 Å². The molecule has 0 spiro atoms. The number of nitrogens with one attached hydrogen (secondary N) is 2.